The van der Waals surface area contributed by atoms with E-state index in [1.54, 1.807) is 0 Å². The van der Waals surface area contributed by atoms with Crippen LogP contribution in [0.25, 0.3) is 0 Å². The topological polar surface area (TPSA) is 0 Å². The average Bonchev–Trinajstić information content (AvgIpc) is 2.77. The zero-order chi connectivity index (χ0) is 21.1. The molecule has 2 aliphatic rings. The van der Waals surface area contributed by atoms with Gasteiger partial charge in [0.2, 0.25) is 0 Å². The SMILES string of the molecule is CCC(C)(CC)CCc1ccc2c(c1)Cc1cc(CC3=CCC(C)C=C3)ccc1S2. The summed E-state index contributed by atoms with van der Waals surface area (Å²) in [5.41, 5.74) is 7.92. The van der Waals surface area contributed by atoms with Gasteiger partial charge in [-0.3, -0.25) is 0 Å². The van der Waals surface area contributed by atoms with Crippen LogP contribution in [0.3, 0.4) is 0 Å². The van der Waals surface area contributed by atoms with Gasteiger partial charge in [0.15, 0.2) is 0 Å². The molecule has 1 heteroatoms. The normalized spacial score (nSPS) is 18.0. The van der Waals surface area contributed by atoms with Gasteiger partial charge in [0, 0.05) is 9.79 Å². The van der Waals surface area contributed by atoms with Crippen LogP contribution in [0, 0.1) is 11.3 Å². The van der Waals surface area contributed by atoms with Crippen LogP contribution in [0.15, 0.2) is 70.0 Å². The Bertz CT molecular complexity index is 958. The second kappa shape index (κ2) is 9.18. The molecule has 0 radical (unpaired) electrons. The zero-order valence-corrected chi connectivity index (χ0v) is 19.9. The number of hydrogen-bond acceptors (Lipinski definition) is 1. The molecule has 1 aliphatic carbocycles. The molecular formula is C29H36S. The van der Waals surface area contributed by atoms with Crippen LogP contribution < -0.4 is 0 Å². The summed E-state index contributed by atoms with van der Waals surface area (Å²) in [6, 6.07) is 14.3. The maximum Gasteiger partial charge on any atom is 0.0158 e. The lowest BCUT2D eigenvalue weighted by molar-refractivity contribution is 0.273. The fraction of sp³-hybridized carbons (Fsp3) is 0.448. The average molecular weight is 417 g/mol. The first kappa shape index (κ1) is 21.5. The number of allylic oxidation sites excluding steroid dienone is 4. The molecule has 0 aromatic heterocycles. The van der Waals surface area contributed by atoms with Crippen molar-refractivity contribution in [2.45, 2.75) is 82.4 Å². The Balaban J connectivity index is 1.47. The van der Waals surface area contributed by atoms with Crippen molar-refractivity contribution in [3.05, 3.63) is 82.5 Å². The quantitative estimate of drug-likeness (QED) is 0.372. The maximum atomic E-state index is 2.48. The van der Waals surface area contributed by atoms with E-state index >= 15 is 0 Å². The third kappa shape index (κ3) is 4.94. The summed E-state index contributed by atoms with van der Waals surface area (Å²) in [6.07, 6.45) is 15.4. The van der Waals surface area contributed by atoms with Crippen molar-refractivity contribution in [1.29, 1.82) is 0 Å². The van der Waals surface area contributed by atoms with Gasteiger partial charge in [-0.1, -0.05) is 94.8 Å². The minimum absolute atomic E-state index is 0.478. The first-order valence-electron chi connectivity index (χ1n) is 11.8. The molecule has 0 fully saturated rings. The fourth-order valence-electron chi connectivity index (χ4n) is 4.52. The van der Waals surface area contributed by atoms with Gasteiger partial charge in [-0.05, 0) is 83.4 Å². The monoisotopic (exact) mass is 416 g/mol. The molecule has 0 N–H and O–H groups in total. The van der Waals surface area contributed by atoms with Crippen molar-refractivity contribution in [3.63, 3.8) is 0 Å². The van der Waals surface area contributed by atoms with E-state index in [1.165, 1.54) is 69.7 Å². The number of hydrogen-bond donors (Lipinski definition) is 0. The lowest BCUT2D eigenvalue weighted by atomic mass is 9.79. The molecule has 1 atom stereocenters. The molecule has 0 bridgehead atoms. The maximum absolute atomic E-state index is 2.48. The van der Waals surface area contributed by atoms with E-state index in [2.05, 4.69) is 82.3 Å². The van der Waals surface area contributed by atoms with Gasteiger partial charge in [0.05, 0.1) is 0 Å². The van der Waals surface area contributed by atoms with E-state index in [4.69, 9.17) is 0 Å². The van der Waals surface area contributed by atoms with E-state index in [0.29, 0.717) is 11.3 Å². The minimum atomic E-state index is 0.478. The Kier molecular flexibility index (Phi) is 6.58. The number of aryl methyl sites for hydroxylation is 1. The van der Waals surface area contributed by atoms with Crippen molar-refractivity contribution in [2.24, 2.45) is 11.3 Å². The van der Waals surface area contributed by atoms with Crippen molar-refractivity contribution < 1.29 is 0 Å². The molecule has 0 spiro atoms. The Morgan fingerprint density at radius 2 is 1.63 bits per heavy atom. The molecule has 158 valence electrons. The lowest BCUT2D eigenvalue weighted by Crippen LogP contribution is -2.14. The smallest absolute Gasteiger partial charge is 0.0158 e. The molecule has 2 aromatic carbocycles. The predicted octanol–water partition coefficient (Wildman–Crippen LogP) is 8.57. The molecular weight excluding hydrogens is 380 g/mol. The highest BCUT2D eigenvalue weighted by Crippen LogP contribution is 2.41. The summed E-state index contributed by atoms with van der Waals surface area (Å²) < 4.78 is 0. The van der Waals surface area contributed by atoms with Gasteiger partial charge in [-0.2, -0.15) is 0 Å². The lowest BCUT2D eigenvalue weighted by Gasteiger charge is -2.27. The number of fused-ring (bicyclic) bond motifs is 2. The van der Waals surface area contributed by atoms with Gasteiger partial charge >= 0.3 is 0 Å². The van der Waals surface area contributed by atoms with Crippen LogP contribution in [-0.2, 0) is 19.3 Å². The molecule has 1 heterocycles. The van der Waals surface area contributed by atoms with Crippen molar-refractivity contribution in [3.8, 4) is 0 Å². The highest BCUT2D eigenvalue weighted by molar-refractivity contribution is 7.99. The Hall–Kier alpha value is -1.73. The predicted molar refractivity (Wildman–Crippen MR) is 132 cm³/mol. The first-order chi connectivity index (χ1) is 14.5. The van der Waals surface area contributed by atoms with Crippen molar-refractivity contribution >= 4 is 11.8 Å². The highest BCUT2D eigenvalue weighted by atomic mass is 32.2. The van der Waals surface area contributed by atoms with Gasteiger partial charge in [-0.25, -0.2) is 0 Å². The van der Waals surface area contributed by atoms with E-state index in [1.807, 2.05) is 11.8 Å². The highest BCUT2D eigenvalue weighted by Gasteiger charge is 2.21. The van der Waals surface area contributed by atoms with Crippen molar-refractivity contribution in [2.75, 3.05) is 0 Å². The zero-order valence-electron chi connectivity index (χ0n) is 19.1. The van der Waals surface area contributed by atoms with Crippen molar-refractivity contribution in [1.82, 2.24) is 0 Å². The number of benzene rings is 2. The van der Waals surface area contributed by atoms with Crippen LogP contribution in [0.1, 0.15) is 75.6 Å². The Labute approximate surface area is 187 Å². The molecule has 0 nitrogen and oxygen atoms in total. The molecule has 0 saturated heterocycles. The summed E-state index contributed by atoms with van der Waals surface area (Å²) >= 11 is 1.95. The minimum Gasteiger partial charge on any atom is -0.0895 e. The van der Waals surface area contributed by atoms with Gasteiger partial charge in [0.25, 0.3) is 0 Å². The largest absolute Gasteiger partial charge is 0.0895 e. The van der Waals surface area contributed by atoms with Crippen LogP contribution in [0.5, 0.6) is 0 Å². The fourth-order valence-corrected chi connectivity index (χ4v) is 5.55. The summed E-state index contributed by atoms with van der Waals surface area (Å²) in [7, 11) is 0. The molecule has 2 aromatic rings. The third-order valence-corrected chi connectivity index (χ3v) is 8.61. The molecule has 1 unspecified atom stereocenters. The third-order valence-electron chi connectivity index (χ3n) is 7.37. The summed E-state index contributed by atoms with van der Waals surface area (Å²) in [5, 5.41) is 0. The van der Waals surface area contributed by atoms with Crippen LogP contribution in [-0.4, -0.2) is 0 Å². The Morgan fingerprint density at radius 3 is 2.27 bits per heavy atom. The van der Waals surface area contributed by atoms with Gasteiger partial charge in [0.1, 0.15) is 0 Å². The van der Waals surface area contributed by atoms with Crippen LogP contribution >= 0.6 is 11.8 Å². The van der Waals surface area contributed by atoms with Crippen LogP contribution in [0.4, 0.5) is 0 Å². The van der Waals surface area contributed by atoms with Gasteiger partial charge in [-0.15, -0.1) is 0 Å². The summed E-state index contributed by atoms with van der Waals surface area (Å²) in [5.74, 6) is 0.687. The standard InChI is InChI=1S/C29H36S/c1-5-29(4,6-2)16-15-23-11-13-27-25(18-23)20-26-19-24(12-14-28(26)30-27)17-22-9-7-21(3)8-10-22/h7,9-14,18-19,21H,5-6,8,15-17,20H2,1-4H3. The van der Waals surface area contributed by atoms with Crippen LogP contribution in [0.2, 0.25) is 0 Å². The van der Waals surface area contributed by atoms with E-state index in [0.717, 1.165) is 12.8 Å². The summed E-state index contributed by atoms with van der Waals surface area (Å²) in [6.45, 7) is 9.40. The molecule has 0 amide bonds. The first-order valence-corrected chi connectivity index (χ1v) is 12.6. The molecule has 4 rings (SSSR count). The molecule has 1 aliphatic heterocycles. The molecule has 30 heavy (non-hydrogen) atoms. The Morgan fingerprint density at radius 1 is 0.967 bits per heavy atom. The second-order valence-electron chi connectivity index (χ2n) is 9.71. The van der Waals surface area contributed by atoms with Gasteiger partial charge < -0.3 is 0 Å². The summed E-state index contributed by atoms with van der Waals surface area (Å²) in [4.78, 5) is 2.88. The number of rotatable bonds is 7. The molecule has 0 saturated carbocycles. The van der Waals surface area contributed by atoms with E-state index < -0.39 is 0 Å². The second-order valence-corrected chi connectivity index (χ2v) is 10.8. The van der Waals surface area contributed by atoms with E-state index in [9.17, 15) is 0 Å². The van der Waals surface area contributed by atoms with E-state index in [-0.39, 0.29) is 0 Å².